The van der Waals surface area contributed by atoms with Crippen LogP contribution < -0.4 is 5.32 Å². The van der Waals surface area contributed by atoms with Crippen LogP contribution in [-0.4, -0.2) is 22.2 Å². The third-order valence-electron chi connectivity index (χ3n) is 3.62. The van der Waals surface area contributed by atoms with Crippen molar-refractivity contribution >= 4 is 34.7 Å². The van der Waals surface area contributed by atoms with E-state index in [1.165, 1.54) is 4.88 Å². The van der Waals surface area contributed by atoms with Crippen molar-refractivity contribution in [1.29, 1.82) is 0 Å². The lowest BCUT2D eigenvalue weighted by atomic mass is 10.2. The van der Waals surface area contributed by atoms with E-state index < -0.39 is 0 Å². The van der Waals surface area contributed by atoms with Gasteiger partial charge in [0.1, 0.15) is 6.04 Å². The van der Waals surface area contributed by atoms with Crippen molar-refractivity contribution in [2.45, 2.75) is 19.9 Å². The minimum Gasteiger partial charge on any atom is -0.350 e. The van der Waals surface area contributed by atoms with Crippen molar-refractivity contribution in [3.63, 3.8) is 0 Å². The van der Waals surface area contributed by atoms with Gasteiger partial charge in [-0.15, -0.1) is 22.7 Å². The molecule has 1 amide bonds. The van der Waals surface area contributed by atoms with Gasteiger partial charge < -0.3 is 5.32 Å². The number of rotatable bonds is 6. The molecule has 124 valence electrons. The first-order valence-electron chi connectivity index (χ1n) is 7.69. The average Bonchev–Trinajstić information content (AvgIpc) is 3.29. The Morgan fingerprint density at radius 2 is 2.08 bits per heavy atom. The third-order valence-corrected chi connectivity index (χ3v) is 5.43. The number of carbonyl (C=O) groups excluding carboxylic acids is 1. The molecule has 6 heteroatoms. The topological polar surface area (TPSA) is 46.9 Å². The first-order valence-corrected chi connectivity index (χ1v) is 9.45. The van der Waals surface area contributed by atoms with Gasteiger partial charge in [-0.2, -0.15) is 5.10 Å². The van der Waals surface area contributed by atoms with Crippen molar-refractivity contribution in [3.05, 3.63) is 68.3 Å². The van der Waals surface area contributed by atoms with E-state index >= 15 is 0 Å². The van der Waals surface area contributed by atoms with Crippen LogP contribution >= 0.6 is 22.7 Å². The van der Waals surface area contributed by atoms with E-state index in [0.717, 1.165) is 16.3 Å². The summed E-state index contributed by atoms with van der Waals surface area (Å²) in [6.07, 6.45) is 3.42. The first kappa shape index (κ1) is 16.7. The molecule has 1 atom stereocenters. The van der Waals surface area contributed by atoms with Gasteiger partial charge in [0.05, 0.1) is 5.69 Å². The highest BCUT2D eigenvalue weighted by molar-refractivity contribution is 7.10. The molecule has 3 aromatic heterocycles. The number of hydrogen-bond donors (Lipinski definition) is 1. The number of carbonyl (C=O) groups is 1. The third kappa shape index (κ3) is 4.01. The van der Waals surface area contributed by atoms with E-state index in [0.29, 0.717) is 6.54 Å². The second-order valence-electron chi connectivity index (χ2n) is 5.50. The lowest BCUT2D eigenvalue weighted by molar-refractivity contribution is -0.116. The van der Waals surface area contributed by atoms with Crippen LogP contribution in [0.2, 0.25) is 0 Å². The molecule has 1 N–H and O–H groups in total. The summed E-state index contributed by atoms with van der Waals surface area (Å²) < 4.78 is 1.99. The zero-order valence-corrected chi connectivity index (χ0v) is 15.2. The minimum atomic E-state index is -0.0912. The molecular formula is C18H19N3OS2. The van der Waals surface area contributed by atoms with Crippen LogP contribution in [0, 0.1) is 13.8 Å². The van der Waals surface area contributed by atoms with Crippen molar-refractivity contribution in [1.82, 2.24) is 15.1 Å². The summed E-state index contributed by atoms with van der Waals surface area (Å²) >= 11 is 3.29. The zero-order valence-electron chi connectivity index (χ0n) is 13.6. The van der Waals surface area contributed by atoms with Gasteiger partial charge in [0, 0.05) is 28.1 Å². The molecule has 3 heterocycles. The molecule has 0 aliphatic heterocycles. The number of amides is 1. The van der Waals surface area contributed by atoms with Gasteiger partial charge in [-0.05, 0) is 48.9 Å². The molecular weight excluding hydrogens is 338 g/mol. The van der Waals surface area contributed by atoms with Gasteiger partial charge in [-0.25, -0.2) is 0 Å². The van der Waals surface area contributed by atoms with Crippen molar-refractivity contribution in [2.24, 2.45) is 0 Å². The molecule has 0 bridgehead atoms. The van der Waals surface area contributed by atoms with Gasteiger partial charge in [-0.1, -0.05) is 12.1 Å². The molecule has 0 spiro atoms. The first-order chi connectivity index (χ1) is 11.6. The van der Waals surface area contributed by atoms with E-state index in [1.54, 1.807) is 28.7 Å². The van der Waals surface area contributed by atoms with Crippen LogP contribution in [0.5, 0.6) is 0 Å². The highest BCUT2D eigenvalue weighted by atomic mass is 32.1. The van der Waals surface area contributed by atoms with Crippen molar-refractivity contribution < 1.29 is 4.79 Å². The molecule has 4 nitrogen and oxygen atoms in total. The summed E-state index contributed by atoms with van der Waals surface area (Å²) in [6, 6.07) is 10.1. The van der Waals surface area contributed by atoms with Crippen LogP contribution in [0.1, 0.15) is 27.2 Å². The molecule has 0 aliphatic rings. The van der Waals surface area contributed by atoms with Crippen LogP contribution in [0.25, 0.3) is 6.08 Å². The standard InChI is InChI=1S/C18H19N3OS2/c1-13-11-14(2)21(20-13)16(17-6-4-10-24-17)12-19-18(22)8-7-15-5-3-9-23-15/h3-11,16H,12H2,1-2H3,(H,19,22)/b8-7+. The minimum absolute atomic E-state index is 0.0118. The lowest BCUT2D eigenvalue weighted by Gasteiger charge is -2.18. The van der Waals surface area contributed by atoms with Gasteiger partial charge in [0.2, 0.25) is 5.91 Å². The van der Waals surface area contributed by atoms with E-state index in [9.17, 15) is 4.79 Å². The maximum absolute atomic E-state index is 12.1. The second kappa shape index (κ2) is 7.59. The predicted octanol–water partition coefficient (Wildman–Crippen LogP) is 4.04. The van der Waals surface area contributed by atoms with E-state index in [4.69, 9.17) is 0 Å². The SMILES string of the molecule is Cc1cc(C)n(C(CNC(=O)/C=C/c2cccs2)c2cccs2)n1. The van der Waals surface area contributed by atoms with E-state index in [-0.39, 0.29) is 11.9 Å². The fourth-order valence-electron chi connectivity index (χ4n) is 2.55. The molecule has 3 aromatic rings. The molecule has 24 heavy (non-hydrogen) atoms. The van der Waals surface area contributed by atoms with E-state index in [2.05, 4.69) is 22.5 Å². The van der Waals surface area contributed by atoms with Crippen LogP contribution in [0.15, 0.2) is 47.2 Å². The Kier molecular flexibility index (Phi) is 5.27. The maximum Gasteiger partial charge on any atom is 0.244 e. The quantitative estimate of drug-likeness (QED) is 0.677. The molecule has 0 fully saturated rings. The summed E-state index contributed by atoms with van der Waals surface area (Å²) in [4.78, 5) is 14.4. The number of thiophene rings is 2. The number of hydrogen-bond acceptors (Lipinski definition) is 4. The summed E-state index contributed by atoms with van der Waals surface area (Å²) in [7, 11) is 0. The molecule has 0 aromatic carbocycles. The molecule has 0 saturated heterocycles. The summed E-state index contributed by atoms with van der Waals surface area (Å²) in [5.74, 6) is -0.0912. The largest absolute Gasteiger partial charge is 0.350 e. The molecule has 3 rings (SSSR count). The second-order valence-corrected chi connectivity index (χ2v) is 7.46. The molecule has 1 unspecified atom stereocenters. The summed E-state index contributed by atoms with van der Waals surface area (Å²) in [6.45, 7) is 4.53. The van der Waals surface area contributed by atoms with Gasteiger partial charge in [-0.3, -0.25) is 9.48 Å². The van der Waals surface area contributed by atoms with Gasteiger partial charge in [0.25, 0.3) is 0 Å². The highest BCUT2D eigenvalue weighted by Crippen LogP contribution is 2.24. The Morgan fingerprint density at radius 1 is 1.29 bits per heavy atom. The molecule has 0 radical (unpaired) electrons. The van der Waals surface area contributed by atoms with E-state index in [1.807, 2.05) is 53.6 Å². The Bertz CT molecular complexity index is 817. The van der Waals surface area contributed by atoms with Crippen LogP contribution in [0.4, 0.5) is 0 Å². The smallest absolute Gasteiger partial charge is 0.244 e. The highest BCUT2D eigenvalue weighted by Gasteiger charge is 2.18. The summed E-state index contributed by atoms with van der Waals surface area (Å²) in [5.41, 5.74) is 2.08. The predicted molar refractivity (Wildman–Crippen MR) is 101 cm³/mol. The van der Waals surface area contributed by atoms with Gasteiger partial charge >= 0.3 is 0 Å². The monoisotopic (exact) mass is 357 g/mol. The molecule has 0 saturated carbocycles. The number of aromatic nitrogens is 2. The normalized spacial score (nSPS) is 12.6. The maximum atomic E-state index is 12.1. The fourth-order valence-corrected chi connectivity index (χ4v) is 3.98. The average molecular weight is 358 g/mol. The number of aryl methyl sites for hydroxylation is 2. The van der Waals surface area contributed by atoms with Gasteiger partial charge in [0.15, 0.2) is 0 Å². The zero-order chi connectivity index (χ0) is 16.9. The Labute approximate surface area is 149 Å². The van der Waals surface area contributed by atoms with Crippen LogP contribution in [0.3, 0.4) is 0 Å². The van der Waals surface area contributed by atoms with Crippen molar-refractivity contribution in [2.75, 3.05) is 6.54 Å². The molecule has 0 aliphatic carbocycles. The van der Waals surface area contributed by atoms with Crippen molar-refractivity contribution in [3.8, 4) is 0 Å². The Morgan fingerprint density at radius 3 is 2.71 bits per heavy atom. The number of nitrogens with one attached hydrogen (secondary N) is 1. The Balaban J connectivity index is 1.71. The lowest BCUT2D eigenvalue weighted by Crippen LogP contribution is -2.30. The Hall–Kier alpha value is -2.18. The fraction of sp³-hybridized carbons (Fsp3) is 0.222. The number of nitrogens with zero attached hydrogens (tertiary/aromatic N) is 2. The summed E-state index contributed by atoms with van der Waals surface area (Å²) in [5, 5.41) is 11.6. The van der Waals surface area contributed by atoms with Crippen LogP contribution in [-0.2, 0) is 4.79 Å².